The topological polar surface area (TPSA) is 53.9 Å². The number of rotatable bonds is 5. The first-order chi connectivity index (χ1) is 10.3. The van der Waals surface area contributed by atoms with E-state index in [9.17, 15) is 0 Å². The van der Waals surface area contributed by atoms with E-state index in [1.54, 1.807) is 6.20 Å². The summed E-state index contributed by atoms with van der Waals surface area (Å²) in [5, 5.41) is 3.43. The van der Waals surface area contributed by atoms with Crippen LogP contribution in [-0.4, -0.2) is 45.5 Å². The van der Waals surface area contributed by atoms with Crippen LogP contribution in [0.3, 0.4) is 0 Å². The molecule has 0 saturated carbocycles. The number of nitrogens with one attached hydrogen (secondary N) is 1. The van der Waals surface area contributed by atoms with Crippen molar-refractivity contribution in [1.82, 2.24) is 19.9 Å². The third-order valence-corrected chi connectivity index (χ3v) is 3.84. The van der Waals surface area contributed by atoms with Crippen molar-refractivity contribution in [1.29, 1.82) is 0 Å². The number of hydrogen-bond acceptors (Lipinski definition) is 5. The van der Waals surface area contributed by atoms with E-state index >= 15 is 0 Å². The van der Waals surface area contributed by atoms with Crippen molar-refractivity contribution < 1.29 is 0 Å². The molecule has 1 fully saturated rings. The maximum Gasteiger partial charge on any atom is 0.223 e. The summed E-state index contributed by atoms with van der Waals surface area (Å²) in [6.07, 6.45) is 7.78. The normalized spacial score (nSPS) is 18.8. The lowest BCUT2D eigenvalue weighted by Gasteiger charge is -2.16. The van der Waals surface area contributed by atoms with Gasteiger partial charge in [-0.25, -0.2) is 9.97 Å². The van der Waals surface area contributed by atoms with Gasteiger partial charge in [-0.15, -0.1) is 0 Å². The van der Waals surface area contributed by atoms with Gasteiger partial charge in [0.1, 0.15) is 0 Å². The van der Waals surface area contributed by atoms with Crippen LogP contribution in [0.25, 0.3) is 0 Å². The molecule has 2 aromatic rings. The fourth-order valence-electron chi connectivity index (χ4n) is 2.69. The Morgan fingerprint density at radius 3 is 3.10 bits per heavy atom. The monoisotopic (exact) mass is 283 g/mol. The maximum atomic E-state index is 4.41. The van der Waals surface area contributed by atoms with Gasteiger partial charge in [-0.3, -0.25) is 4.98 Å². The summed E-state index contributed by atoms with van der Waals surface area (Å²) in [5.41, 5.74) is 2.30. The van der Waals surface area contributed by atoms with Crippen molar-refractivity contribution in [2.45, 2.75) is 25.8 Å². The molecule has 0 amide bonds. The first kappa shape index (κ1) is 13.9. The second-order valence-corrected chi connectivity index (χ2v) is 5.56. The van der Waals surface area contributed by atoms with Crippen molar-refractivity contribution in [2.24, 2.45) is 0 Å². The number of likely N-dealkylation sites (tertiary alicyclic amines) is 1. The molecule has 1 unspecified atom stereocenters. The van der Waals surface area contributed by atoms with Crippen LogP contribution in [0, 0.1) is 6.92 Å². The van der Waals surface area contributed by atoms with Crippen LogP contribution in [0.15, 0.2) is 36.8 Å². The van der Waals surface area contributed by atoms with Gasteiger partial charge >= 0.3 is 0 Å². The summed E-state index contributed by atoms with van der Waals surface area (Å²) in [6.45, 7) is 5.25. The second kappa shape index (κ2) is 6.63. The number of pyridine rings is 1. The Kier molecular flexibility index (Phi) is 4.40. The van der Waals surface area contributed by atoms with Gasteiger partial charge in [0, 0.05) is 50.0 Å². The van der Waals surface area contributed by atoms with E-state index in [4.69, 9.17) is 0 Å². The molecule has 1 aliphatic heterocycles. The number of aromatic nitrogens is 3. The molecule has 0 aliphatic carbocycles. The van der Waals surface area contributed by atoms with Crippen LogP contribution in [0.4, 0.5) is 5.95 Å². The maximum absolute atomic E-state index is 4.41. The van der Waals surface area contributed by atoms with E-state index in [0.29, 0.717) is 6.04 Å². The molecule has 1 aliphatic rings. The first-order valence-corrected chi connectivity index (χ1v) is 7.47. The minimum Gasteiger partial charge on any atom is -0.350 e. The van der Waals surface area contributed by atoms with E-state index in [0.717, 1.165) is 44.1 Å². The van der Waals surface area contributed by atoms with Crippen LogP contribution in [0.1, 0.15) is 17.7 Å². The zero-order valence-corrected chi connectivity index (χ0v) is 12.4. The van der Waals surface area contributed by atoms with Gasteiger partial charge < -0.3 is 10.2 Å². The first-order valence-electron chi connectivity index (χ1n) is 7.47. The Labute approximate surface area is 125 Å². The van der Waals surface area contributed by atoms with Crippen LogP contribution >= 0.6 is 0 Å². The highest BCUT2D eigenvalue weighted by atomic mass is 15.2. The van der Waals surface area contributed by atoms with Crippen molar-refractivity contribution in [3.8, 4) is 0 Å². The van der Waals surface area contributed by atoms with Crippen LogP contribution < -0.4 is 5.32 Å². The molecule has 5 heteroatoms. The van der Waals surface area contributed by atoms with E-state index in [1.165, 1.54) is 5.56 Å². The largest absolute Gasteiger partial charge is 0.350 e. The fraction of sp³-hybridized carbons (Fsp3) is 0.438. The molecular formula is C16H21N5. The van der Waals surface area contributed by atoms with Crippen LogP contribution in [-0.2, 0) is 6.42 Å². The third-order valence-electron chi connectivity index (χ3n) is 3.84. The van der Waals surface area contributed by atoms with Gasteiger partial charge in [0.25, 0.3) is 0 Å². The van der Waals surface area contributed by atoms with E-state index in [1.807, 2.05) is 31.5 Å². The van der Waals surface area contributed by atoms with E-state index in [2.05, 4.69) is 31.2 Å². The standard InChI is InChI=1S/C16H21N5/c1-13-4-8-18-16(19-13)20-15-6-10-21(12-15)9-5-14-3-2-7-17-11-14/h2-4,7-8,11,15H,5-6,9-10,12H2,1H3,(H,18,19,20). The summed E-state index contributed by atoms with van der Waals surface area (Å²) in [5.74, 6) is 0.745. The summed E-state index contributed by atoms with van der Waals surface area (Å²) < 4.78 is 0. The Balaban J connectivity index is 1.47. The quantitative estimate of drug-likeness (QED) is 0.908. The second-order valence-electron chi connectivity index (χ2n) is 5.56. The van der Waals surface area contributed by atoms with Crippen LogP contribution in [0.5, 0.6) is 0 Å². The molecule has 1 N–H and O–H groups in total. The molecule has 0 bridgehead atoms. The third kappa shape index (κ3) is 3.98. The van der Waals surface area contributed by atoms with E-state index in [-0.39, 0.29) is 0 Å². The lowest BCUT2D eigenvalue weighted by molar-refractivity contribution is 0.340. The predicted octanol–water partition coefficient (Wildman–Crippen LogP) is 1.91. The van der Waals surface area contributed by atoms with Gasteiger partial charge in [0.05, 0.1) is 0 Å². The van der Waals surface area contributed by atoms with Crippen molar-refractivity contribution in [3.63, 3.8) is 0 Å². The molecule has 21 heavy (non-hydrogen) atoms. The van der Waals surface area contributed by atoms with Gasteiger partial charge in [-0.1, -0.05) is 6.07 Å². The number of hydrogen-bond donors (Lipinski definition) is 1. The van der Waals surface area contributed by atoms with Gasteiger partial charge in [0.2, 0.25) is 5.95 Å². The lowest BCUT2D eigenvalue weighted by Crippen LogP contribution is -2.28. The highest BCUT2D eigenvalue weighted by molar-refractivity contribution is 5.27. The van der Waals surface area contributed by atoms with Crippen LogP contribution in [0.2, 0.25) is 0 Å². The lowest BCUT2D eigenvalue weighted by atomic mass is 10.2. The molecule has 0 aromatic carbocycles. The summed E-state index contributed by atoms with van der Waals surface area (Å²) >= 11 is 0. The SMILES string of the molecule is Cc1ccnc(NC2CCN(CCc3cccnc3)C2)n1. The summed E-state index contributed by atoms with van der Waals surface area (Å²) in [6, 6.07) is 6.50. The van der Waals surface area contributed by atoms with Crippen molar-refractivity contribution in [2.75, 3.05) is 25.0 Å². The van der Waals surface area contributed by atoms with Crippen molar-refractivity contribution in [3.05, 3.63) is 48.0 Å². The molecule has 0 spiro atoms. The molecule has 1 atom stereocenters. The number of nitrogens with zero attached hydrogens (tertiary/aromatic N) is 4. The summed E-state index contributed by atoms with van der Waals surface area (Å²) in [7, 11) is 0. The minimum absolute atomic E-state index is 0.445. The van der Waals surface area contributed by atoms with Gasteiger partial charge in [0.15, 0.2) is 0 Å². The minimum atomic E-state index is 0.445. The zero-order chi connectivity index (χ0) is 14.5. The highest BCUT2D eigenvalue weighted by Crippen LogP contribution is 2.14. The van der Waals surface area contributed by atoms with Gasteiger partial charge in [-0.05, 0) is 37.5 Å². The Bertz CT molecular complexity index is 572. The molecule has 3 heterocycles. The van der Waals surface area contributed by atoms with E-state index < -0.39 is 0 Å². The molecular weight excluding hydrogens is 262 g/mol. The zero-order valence-electron chi connectivity index (χ0n) is 12.4. The molecule has 0 radical (unpaired) electrons. The Hall–Kier alpha value is -2.01. The smallest absolute Gasteiger partial charge is 0.223 e. The number of anilines is 1. The van der Waals surface area contributed by atoms with Crippen molar-refractivity contribution >= 4 is 5.95 Å². The molecule has 110 valence electrons. The highest BCUT2D eigenvalue weighted by Gasteiger charge is 2.22. The Morgan fingerprint density at radius 2 is 2.29 bits per heavy atom. The average Bonchev–Trinajstić information content (AvgIpc) is 2.94. The van der Waals surface area contributed by atoms with Gasteiger partial charge in [-0.2, -0.15) is 0 Å². The predicted molar refractivity (Wildman–Crippen MR) is 83.2 cm³/mol. The molecule has 2 aromatic heterocycles. The fourth-order valence-corrected chi connectivity index (χ4v) is 2.69. The molecule has 5 nitrogen and oxygen atoms in total. The summed E-state index contributed by atoms with van der Waals surface area (Å²) in [4.78, 5) is 15.3. The Morgan fingerprint density at radius 1 is 1.33 bits per heavy atom. The molecule has 1 saturated heterocycles. The molecule has 3 rings (SSSR count). The number of aryl methyl sites for hydroxylation is 1. The average molecular weight is 283 g/mol.